The maximum absolute atomic E-state index is 12.5. The molecule has 2 N–H and O–H groups in total. The summed E-state index contributed by atoms with van der Waals surface area (Å²) < 4.78 is 25.6. The van der Waals surface area contributed by atoms with Gasteiger partial charge in [-0.2, -0.15) is 0 Å². The van der Waals surface area contributed by atoms with E-state index in [9.17, 15) is 13.2 Å². The molecule has 1 amide bonds. The van der Waals surface area contributed by atoms with Crippen molar-refractivity contribution in [2.24, 2.45) is 0 Å². The first-order chi connectivity index (χ1) is 12.8. The lowest BCUT2D eigenvalue weighted by Gasteiger charge is -2.14. The molecule has 1 aromatic heterocycles. The third kappa shape index (κ3) is 4.32. The van der Waals surface area contributed by atoms with Gasteiger partial charge in [0.05, 0.1) is 21.2 Å². The van der Waals surface area contributed by atoms with E-state index in [0.29, 0.717) is 10.8 Å². The molecule has 0 spiro atoms. The van der Waals surface area contributed by atoms with Crippen LogP contribution in [0.1, 0.15) is 6.92 Å². The van der Waals surface area contributed by atoms with Crippen LogP contribution in [0.3, 0.4) is 0 Å². The van der Waals surface area contributed by atoms with Crippen molar-refractivity contribution in [3.8, 4) is 0 Å². The second-order valence-electron chi connectivity index (χ2n) is 6.12. The number of hydrogen-bond acceptors (Lipinski definition) is 5. The zero-order valence-corrected chi connectivity index (χ0v) is 16.8. The summed E-state index contributed by atoms with van der Waals surface area (Å²) >= 11 is 1.31. The molecule has 0 aliphatic carbocycles. The smallest absolute Gasteiger partial charge is 0.242 e. The van der Waals surface area contributed by atoms with Gasteiger partial charge in [0.25, 0.3) is 0 Å². The molecule has 0 fully saturated rings. The molecule has 27 heavy (non-hydrogen) atoms. The molecular weight excluding hydrogens is 384 g/mol. The highest BCUT2D eigenvalue weighted by Gasteiger charge is 2.20. The number of rotatable bonds is 6. The summed E-state index contributed by atoms with van der Waals surface area (Å²) in [5.41, 5.74) is 2.18. The van der Waals surface area contributed by atoms with Crippen LogP contribution in [0, 0.1) is 0 Å². The number of aromatic nitrogens is 2. The third-order valence-corrected chi connectivity index (χ3v) is 6.70. The topological polar surface area (TPSA) is 95.2 Å². The van der Waals surface area contributed by atoms with Crippen LogP contribution in [0.15, 0.2) is 58.6 Å². The summed E-state index contributed by atoms with van der Waals surface area (Å²) in [7, 11) is -0.627. The van der Waals surface area contributed by atoms with E-state index in [4.69, 9.17) is 0 Å². The molecule has 3 aromatic rings. The Bertz CT molecular complexity index is 1040. The number of carbonyl (C=O) groups excluding carboxylic acids is 1. The predicted molar refractivity (Wildman–Crippen MR) is 107 cm³/mol. The average Bonchev–Trinajstić information content (AvgIpc) is 3.04. The number of benzene rings is 2. The van der Waals surface area contributed by atoms with Gasteiger partial charge in [0.2, 0.25) is 15.9 Å². The molecule has 0 saturated carbocycles. The van der Waals surface area contributed by atoms with E-state index in [1.807, 2.05) is 24.3 Å². The van der Waals surface area contributed by atoms with Crippen LogP contribution in [0.4, 0.5) is 5.69 Å². The number of aromatic amines is 1. The molecule has 0 bridgehead atoms. The van der Waals surface area contributed by atoms with Crippen molar-refractivity contribution in [2.45, 2.75) is 22.2 Å². The fraction of sp³-hybridized carbons (Fsp3) is 0.222. The average molecular weight is 405 g/mol. The van der Waals surface area contributed by atoms with Gasteiger partial charge in [-0.25, -0.2) is 17.7 Å². The van der Waals surface area contributed by atoms with E-state index < -0.39 is 15.3 Å². The number of carbonyl (C=O) groups is 1. The monoisotopic (exact) mass is 404 g/mol. The standard InChI is InChI=1S/C18H20N4O3S2/c1-12(26-18-20-15-9-4-5-10-16(15)21-18)17(23)19-13-7-6-8-14(11-13)27(24,25)22(2)3/h4-12H,1-3H3,(H,19,23)(H,20,21)/t12-/m1/s1. The van der Waals surface area contributed by atoms with Crippen molar-refractivity contribution in [3.63, 3.8) is 0 Å². The van der Waals surface area contributed by atoms with Gasteiger partial charge in [0, 0.05) is 19.8 Å². The molecule has 142 valence electrons. The third-order valence-electron chi connectivity index (χ3n) is 3.91. The van der Waals surface area contributed by atoms with Crippen LogP contribution in [0.2, 0.25) is 0 Å². The first-order valence-corrected chi connectivity index (χ1v) is 10.5. The van der Waals surface area contributed by atoms with Crippen molar-refractivity contribution >= 4 is 44.4 Å². The molecular formula is C18H20N4O3S2. The van der Waals surface area contributed by atoms with Crippen LogP contribution >= 0.6 is 11.8 Å². The van der Waals surface area contributed by atoms with Crippen molar-refractivity contribution in [1.29, 1.82) is 0 Å². The number of nitrogens with zero attached hydrogens (tertiary/aromatic N) is 2. The molecule has 0 radical (unpaired) electrons. The second-order valence-corrected chi connectivity index (χ2v) is 9.61. The second kappa shape index (κ2) is 7.71. The Labute approximate surface area is 162 Å². The molecule has 0 aliphatic rings. The molecule has 9 heteroatoms. The van der Waals surface area contributed by atoms with Gasteiger partial charge in [0.15, 0.2) is 5.16 Å². The van der Waals surface area contributed by atoms with Crippen molar-refractivity contribution < 1.29 is 13.2 Å². The van der Waals surface area contributed by atoms with Gasteiger partial charge in [0.1, 0.15) is 0 Å². The molecule has 0 aliphatic heterocycles. The number of fused-ring (bicyclic) bond motifs is 1. The number of thioether (sulfide) groups is 1. The number of amides is 1. The quantitative estimate of drug-likeness (QED) is 0.616. The summed E-state index contributed by atoms with van der Waals surface area (Å²) in [6.07, 6.45) is 0. The summed E-state index contributed by atoms with van der Waals surface area (Å²) in [5, 5.41) is 3.00. The predicted octanol–water partition coefficient (Wildman–Crippen LogP) is 2.93. The normalized spacial score (nSPS) is 13.0. The molecule has 2 aromatic carbocycles. The van der Waals surface area contributed by atoms with Gasteiger partial charge >= 0.3 is 0 Å². The van der Waals surface area contributed by atoms with E-state index in [2.05, 4.69) is 15.3 Å². The minimum atomic E-state index is -3.56. The van der Waals surface area contributed by atoms with Crippen molar-refractivity contribution in [1.82, 2.24) is 14.3 Å². The Hall–Kier alpha value is -2.36. The fourth-order valence-corrected chi connectivity index (χ4v) is 4.16. The fourth-order valence-electron chi connectivity index (χ4n) is 2.40. The molecule has 0 unspecified atom stereocenters. The van der Waals surface area contributed by atoms with Crippen LogP contribution in [-0.4, -0.2) is 47.9 Å². The Balaban J connectivity index is 1.71. The summed E-state index contributed by atoms with van der Waals surface area (Å²) in [6.45, 7) is 1.77. The number of para-hydroxylation sites is 2. The van der Waals surface area contributed by atoms with Gasteiger partial charge in [-0.15, -0.1) is 0 Å². The largest absolute Gasteiger partial charge is 0.333 e. The van der Waals surface area contributed by atoms with Gasteiger partial charge in [-0.05, 0) is 37.3 Å². The van der Waals surface area contributed by atoms with Crippen LogP contribution in [0.25, 0.3) is 11.0 Å². The van der Waals surface area contributed by atoms with Crippen LogP contribution in [0.5, 0.6) is 0 Å². The lowest BCUT2D eigenvalue weighted by molar-refractivity contribution is -0.115. The van der Waals surface area contributed by atoms with Crippen LogP contribution < -0.4 is 5.32 Å². The lowest BCUT2D eigenvalue weighted by atomic mass is 10.3. The SMILES string of the molecule is C[C@@H](Sc1nc2ccccc2[nH]1)C(=O)Nc1cccc(S(=O)(=O)N(C)C)c1. The zero-order valence-electron chi connectivity index (χ0n) is 15.1. The zero-order chi connectivity index (χ0) is 19.6. The van der Waals surface area contributed by atoms with Gasteiger partial charge in [-0.1, -0.05) is 30.0 Å². The van der Waals surface area contributed by atoms with E-state index in [-0.39, 0.29) is 10.8 Å². The Kier molecular flexibility index (Phi) is 5.54. The van der Waals surface area contributed by atoms with Crippen molar-refractivity contribution in [2.75, 3.05) is 19.4 Å². The summed E-state index contributed by atoms with van der Waals surface area (Å²) in [6, 6.07) is 13.9. The number of hydrogen-bond donors (Lipinski definition) is 2. The summed E-state index contributed by atoms with van der Waals surface area (Å²) in [4.78, 5) is 20.2. The van der Waals surface area contributed by atoms with Crippen LogP contribution in [-0.2, 0) is 14.8 Å². The Morgan fingerprint density at radius 2 is 1.93 bits per heavy atom. The molecule has 7 nitrogen and oxygen atoms in total. The number of nitrogens with one attached hydrogen (secondary N) is 2. The summed E-state index contributed by atoms with van der Waals surface area (Å²) in [5.74, 6) is -0.236. The first kappa shape index (κ1) is 19.4. The van der Waals surface area contributed by atoms with E-state index in [1.165, 1.54) is 38.0 Å². The maximum atomic E-state index is 12.5. The highest BCUT2D eigenvalue weighted by Crippen LogP contribution is 2.25. The number of H-pyrrole nitrogens is 1. The van der Waals surface area contributed by atoms with Gasteiger partial charge in [-0.3, -0.25) is 4.79 Å². The van der Waals surface area contributed by atoms with Crippen molar-refractivity contribution in [3.05, 3.63) is 48.5 Å². The molecule has 3 rings (SSSR count). The van der Waals surface area contributed by atoms with E-state index in [0.717, 1.165) is 15.3 Å². The Morgan fingerprint density at radius 1 is 1.19 bits per heavy atom. The number of anilines is 1. The minimum Gasteiger partial charge on any atom is -0.333 e. The number of imidazole rings is 1. The minimum absolute atomic E-state index is 0.128. The maximum Gasteiger partial charge on any atom is 0.242 e. The number of sulfonamides is 1. The van der Waals surface area contributed by atoms with Gasteiger partial charge < -0.3 is 10.3 Å². The lowest BCUT2D eigenvalue weighted by Crippen LogP contribution is -2.24. The van der Waals surface area contributed by atoms with E-state index >= 15 is 0 Å². The molecule has 1 heterocycles. The Morgan fingerprint density at radius 3 is 2.63 bits per heavy atom. The van der Waals surface area contributed by atoms with E-state index in [1.54, 1.807) is 19.1 Å². The molecule has 1 atom stereocenters. The highest BCUT2D eigenvalue weighted by molar-refractivity contribution is 8.00. The molecule has 0 saturated heterocycles. The first-order valence-electron chi connectivity index (χ1n) is 8.22. The highest BCUT2D eigenvalue weighted by atomic mass is 32.2.